The van der Waals surface area contributed by atoms with E-state index in [9.17, 15) is 19.7 Å². The van der Waals surface area contributed by atoms with E-state index < -0.39 is 10.9 Å². The van der Waals surface area contributed by atoms with Gasteiger partial charge in [-0.25, -0.2) is 4.79 Å². The predicted octanol–water partition coefficient (Wildman–Crippen LogP) is 5.05. The molecule has 0 unspecified atom stereocenters. The number of non-ortho nitro benzene ring substituents is 1. The van der Waals surface area contributed by atoms with Gasteiger partial charge in [0.2, 0.25) is 5.78 Å². The van der Waals surface area contributed by atoms with Crippen molar-refractivity contribution in [3.63, 3.8) is 0 Å². The van der Waals surface area contributed by atoms with Crippen LogP contribution in [-0.2, 0) is 0 Å². The molecule has 0 bridgehead atoms. The lowest BCUT2D eigenvalue weighted by molar-refractivity contribution is -0.384. The zero-order valence-corrected chi connectivity index (χ0v) is 16.7. The quantitative estimate of drug-likeness (QED) is 0.195. The lowest BCUT2D eigenvalue weighted by Crippen LogP contribution is -2.09. The fourth-order valence-electron chi connectivity index (χ4n) is 3.32. The van der Waals surface area contributed by atoms with Gasteiger partial charge in [0, 0.05) is 18.2 Å². The smallest absolute Gasteiger partial charge is 0.343 e. The Morgan fingerprint density at radius 2 is 1.81 bits per heavy atom. The number of nitrogens with zero attached hydrogens (tertiary/aromatic N) is 1. The summed E-state index contributed by atoms with van der Waals surface area (Å²) in [5.74, 6) is -0.150. The molecule has 0 amide bonds. The molecule has 0 atom stereocenters. The molecule has 3 aromatic carbocycles. The number of carbonyl (C=O) groups is 2. The topological polar surface area (TPSA) is 95.7 Å². The van der Waals surface area contributed by atoms with E-state index in [-0.39, 0.29) is 23.0 Å². The number of rotatable bonds is 4. The first-order valence-electron chi connectivity index (χ1n) is 9.44. The van der Waals surface area contributed by atoms with Crippen LogP contribution in [0.2, 0.25) is 0 Å². The highest BCUT2D eigenvalue weighted by Crippen LogP contribution is 2.37. The van der Waals surface area contributed by atoms with Crippen LogP contribution in [-0.4, -0.2) is 16.7 Å². The molecule has 7 heteroatoms. The van der Waals surface area contributed by atoms with Crippen LogP contribution in [0, 0.1) is 24.0 Å². The molecule has 3 aromatic rings. The van der Waals surface area contributed by atoms with Gasteiger partial charge in [0.05, 0.1) is 16.1 Å². The summed E-state index contributed by atoms with van der Waals surface area (Å²) in [7, 11) is 0. The van der Waals surface area contributed by atoms with Crippen LogP contribution in [0.25, 0.3) is 6.08 Å². The summed E-state index contributed by atoms with van der Waals surface area (Å²) in [6.07, 6.45) is 1.52. The lowest BCUT2D eigenvalue weighted by Gasteiger charge is -2.08. The molecule has 0 saturated carbocycles. The third-order valence-electron chi connectivity index (χ3n) is 4.81. The van der Waals surface area contributed by atoms with E-state index in [0.29, 0.717) is 28.0 Å². The number of benzene rings is 3. The predicted molar refractivity (Wildman–Crippen MR) is 113 cm³/mol. The van der Waals surface area contributed by atoms with Crippen LogP contribution in [0.5, 0.6) is 11.5 Å². The molecule has 0 fully saturated rings. The Balaban J connectivity index is 1.58. The number of aryl methyl sites for hydroxylation is 2. The number of fused-ring (bicyclic) bond motifs is 1. The first-order chi connectivity index (χ1) is 14.8. The number of carbonyl (C=O) groups excluding carboxylic acids is 2. The van der Waals surface area contributed by atoms with Crippen molar-refractivity contribution in [2.24, 2.45) is 0 Å². The summed E-state index contributed by atoms with van der Waals surface area (Å²) in [5.41, 5.74) is 2.92. The van der Waals surface area contributed by atoms with Gasteiger partial charge in [-0.1, -0.05) is 17.7 Å². The maximum absolute atomic E-state index is 12.8. The number of allylic oxidation sites excluding steroid dienone is 1. The summed E-state index contributed by atoms with van der Waals surface area (Å²) in [4.78, 5) is 35.5. The molecule has 0 spiro atoms. The van der Waals surface area contributed by atoms with E-state index in [4.69, 9.17) is 9.47 Å². The second-order valence-electron chi connectivity index (χ2n) is 7.16. The molecular weight excluding hydrogens is 398 g/mol. The fraction of sp³-hybridized carbons (Fsp3) is 0.0833. The summed E-state index contributed by atoms with van der Waals surface area (Å²) in [5, 5.41) is 10.8. The van der Waals surface area contributed by atoms with Gasteiger partial charge < -0.3 is 9.47 Å². The normalized spacial score (nSPS) is 13.6. The summed E-state index contributed by atoms with van der Waals surface area (Å²) in [6, 6.07) is 16.0. The van der Waals surface area contributed by atoms with Crippen molar-refractivity contribution in [2.75, 3.05) is 0 Å². The molecule has 1 heterocycles. The maximum Gasteiger partial charge on any atom is 0.343 e. The van der Waals surface area contributed by atoms with E-state index in [1.54, 1.807) is 31.2 Å². The van der Waals surface area contributed by atoms with Crippen LogP contribution in [0.3, 0.4) is 0 Å². The monoisotopic (exact) mass is 415 g/mol. The Labute approximate surface area is 177 Å². The number of esters is 1. The Hall–Kier alpha value is -4.26. The molecule has 0 saturated heterocycles. The average molecular weight is 415 g/mol. The van der Waals surface area contributed by atoms with Gasteiger partial charge in [0.25, 0.3) is 5.69 Å². The highest BCUT2D eigenvalue weighted by molar-refractivity contribution is 6.15. The van der Waals surface area contributed by atoms with Gasteiger partial charge in [-0.2, -0.15) is 0 Å². The van der Waals surface area contributed by atoms with Gasteiger partial charge in [-0.05, 0) is 61.4 Å². The molecule has 0 aromatic heterocycles. The number of ketones is 1. The Bertz CT molecular complexity index is 1260. The highest BCUT2D eigenvalue weighted by atomic mass is 16.6. The van der Waals surface area contributed by atoms with Gasteiger partial charge >= 0.3 is 5.97 Å². The van der Waals surface area contributed by atoms with E-state index in [0.717, 1.165) is 5.56 Å². The van der Waals surface area contributed by atoms with Gasteiger partial charge in [0.15, 0.2) is 5.76 Å². The standard InChI is InChI=1S/C24H17NO6/c1-14-4-3-5-17(10-14)24(27)30-19-11-15(2)22-20(13-19)31-21(23(22)26)12-16-6-8-18(9-7-16)25(28)29/h3-13H,1-2H3/b21-12-. The van der Waals surface area contributed by atoms with Crippen molar-refractivity contribution in [2.45, 2.75) is 13.8 Å². The molecule has 31 heavy (non-hydrogen) atoms. The molecule has 1 aliphatic rings. The largest absolute Gasteiger partial charge is 0.452 e. The molecule has 0 radical (unpaired) electrons. The highest BCUT2D eigenvalue weighted by Gasteiger charge is 2.30. The summed E-state index contributed by atoms with van der Waals surface area (Å²) in [6.45, 7) is 3.62. The zero-order valence-electron chi connectivity index (χ0n) is 16.7. The minimum atomic E-state index is -0.506. The Morgan fingerprint density at radius 3 is 2.48 bits per heavy atom. The van der Waals surface area contributed by atoms with Crippen LogP contribution in [0.4, 0.5) is 5.69 Å². The Kier molecular flexibility index (Phi) is 5.09. The first-order valence-corrected chi connectivity index (χ1v) is 9.44. The molecular formula is C24H17NO6. The maximum atomic E-state index is 12.8. The molecule has 4 rings (SSSR count). The molecule has 154 valence electrons. The van der Waals surface area contributed by atoms with Crippen molar-refractivity contribution in [1.29, 1.82) is 0 Å². The minimum Gasteiger partial charge on any atom is -0.452 e. The molecule has 0 N–H and O–H groups in total. The molecule has 7 nitrogen and oxygen atoms in total. The van der Waals surface area contributed by atoms with Crippen molar-refractivity contribution in [1.82, 2.24) is 0 Å². The van der Waals surface area contributed by atoms with E-state index in [2.05, 4.69) is 0 Å². The number of nitro groups is 1. The molecule has 0 aliphatic carbocycles. The SMILES string of the molecule is Cc1cccc(C(=O)Oc2cc(C)c3c(c2)O/C(=C\c2ccc([N+](=O)[O-])cc2)C3=O)c1. The van der Waals surface area contributed by atoms with Crippen molar-refractivity contribution in [3.05, 3.63) is 104 Å². The Morgan fingerprint density at radius 1 is 1.06 bits per heavy atom. The summed E-state index contributed by atoms with van der Waals surface area (Å²) < 4.78 is 11.2. The second kappa shape index (κ2) is 7.87. The number of ether oxygens (including phenoxy) is 2. The first kappa shape index (κ1) is 20.0. The number of Topliss-reactive ketones (excluding diaryl/α,β-unsaturated/α-hetero) is 1. The van der Waals surface area contributed by atoms with Gasteiger partial charge in [0.1, 0.15) is 11.5 Å². The molecule has 1 aliphatic heterocycles. The van der Waals surface area contributed by atoms with Crippen molar-refractivity contribution < 1.29 is 24.0 Å². The van der Waals surface area contributed by atoms with Crippen LogP contribution in [0.1, 0.15) is 37.4 Å². The van der Waals surface area contributed by atoms with Crippen molar-refractivity contribution in [3.8, 4) is 11.5 Å². The third-order valence-corrected chi connectivity index (χ3v) is 4.81. The average Bonchev–Trinajstić information content (AvgIpc) is 3.04. The number of nitro benzene ring substituents is 1. The lowest BCUT2D eigenvalue weighted by atomic mass is 10.0. The second-order valence-corrected chi connectivity index (χ2v) is 7.16. The van der Waals surface area contributed by atoms with E-state index >= 15 is 0 Å². The number of hydrogen-bond donors (Lipinski definition) is 0. The van der Waals surface area contributed by atoms with E-state index in [1.165, 1.54) is 36.4 Å². The zero-order chi connectivity index (χ0) is 22.1. The van der Waals surface area contributed by atoms with Crippen LogP contribution < -0.4 is 9.47 Å². The van der Waals surface area contributed by atoms with Crippen LogP contribution >= 0.6 is 0 Å². The van der Waals surface area contributed by atoms with Gasteiger partial charge in [-0.15, -0.1) is 0 Å². The number of hydrogen-bond acceptors (Lipinski definition) is 6. The summed E-state index contributed by atoms with van der Waals surface area (Å²) >= 11 is 0. The van der Waals surface area contributed by atoms with E-state index in [1.807, 2.05) is 13.0 Å². The van der Waals surface area contributed by atoms with Crippen molar-refractivity contribution >= 4 is 23.5 Å². The minimum absolute atomic E-state index is 0.0417. The van der Waals surface area contributed by atoms with Gasteiger partial charge in [-0.3, -0.25) is 14.9 Å². The van der Waals surface area contributed by atoms with Crippen LogP contribution in [0.15, 0.2) is 66.4 Å². The fourth-order valence-corrected chi connectivity index (χ4v) is 3.32. The third kappa shape index (κ3) is 4.06.